The van der Waals surface area contributed by atoms with Gasteiger partial charge >= 0.3 is 0 Å². The minimum atomic E-state index is 0.0166. The summed E-state index contributed by atoms with van der Waals surface area (Å²) in [5.74, 6) is 1.69. The summed E-state index contributed by atoms with van der Waals surface area (Å²) in [6.07, 6.45) is 6.41. The first-order valence-electron chi connectivity index (χ1n) is 12.9. The van der Waals surface area contributed by atoms with E-state index in [9.17, 15) is 4.79 Å². The van der Waals surface area contributed by atoms with Gasteiger partial charge in [-0.1, -0.05) is 68.3 Å². The summed E-state index contributed by atoms with van der Waals surface area (Å²) in [6.45, 7) is 2.68. The highest BCUT2D eigenvalue weighted by Crippen LogP contribution is 2.42. The second kappa shape index (κ2) is 12.2. The molecule has 0 aromatic heterocycles. The van der Waals surface area contributed by atoms with Gasteiger partial charge in [0, 0.05) is 6.04 Å². The lowest BCUT2D eigenvalue weighted by molar-refractivity contribution is -0.124. The topological polar surface area (TPSA) is 51.1 Å². The zero-order chi connectivity index (χ0) is 26.5. The number of hydrogen-bond acceptors (Lipinski definition) is 5. The van der Waals surface area contributed by atoms with Crippen molar-refractivity contribution < 1.29 is 14.3 Å². The van der Waals surface area contributed by atoms with Crippen LogP contribution in [0.15, 0.2) is 87.2 Å². The lowest BCUT2D eigenvalue weighted by atomic mass is 9.85. The average Bonchev–Trinajstić information content (AvgIpc) is 3.23. The zero-order valence-electron chi connectivity index (χ0n) is 21.6. The predicted molar refractivity (Wildman–Crippen MR) is 159 cm³/mol. The van der Waals surface area contributed by atoms with Gasteiger partial charge in [-0.3, -0.25) is 9.69 Å². The van der Waals surface area contributed by atoms with Gasteiger partial charge in [0.1, 0.15) is 6.61 Å². The third-order valence-electron chi connectivity index (χ3n) is 6.99. The molecule has 2 fully saturated rings. The second-order valence-electron chi connectivity index (χ2n) is 9.65. The average molecular weight is 592 g/mol. The molecule has 1 aliphatic heterocycles. The van der Waals surface area contributed by atoms with Crippen LogP contribution in [0.4, 0.5) is 5.69 Å². The number of methoxy groups -OCH3 is 1. The quantitative estimate of drug-likeness (QED) is 0.260. The van der Waals surface area contributed by atoms with E-state index in [1.807, 2.05) is 83.8 Å². The van der Waals surface area contributed by atoms with E-state index < -0.39 is 0 Å². The molecule has 3 aromatic carbocycles. The van der Waals surface area contributed by atoms with Crippen LogP contribution in [-0.2, 0) is 11.4 Å². The minimum absolute atomic E-state index is 0.0166. The van der Waals surface area contributed by atoms with E-state index in [1.165, 1.54) is 18.2 Å². The fraction of sp³-hybridized carbons (Fsp3) is 0.290. The minimum Gasteiger partial charge on any atom is -0.493 e. The van der Waals surface area contributed by atoms with E-state index in [-0.39, 0.29) is 11.9 Å². The number of carbonyl (C=O) groups is 1. The number of hydrogen-bond donors (Lipinski definition) is 0. The van der Waals surface area contributed by atoms with Crippen molar-refractivity contribution in [3.63, 3.8) is 0 Å². The zero-order valence-corrected chi connectivity index (χ0v) is 24.0. The van der Waals surface area contributed by atoms with Crippen molar-refractivity contribution in [1.29, 1.82) is 0 Å². The Morgan fingerprint density at radius 3 is 2.47 bits per heavy atom. The smallest absolute Gasteiger partial charge is 0.267 e. The van der Waals surface area contributed by atoms with Crippen LogP contribution in [-0.4, -0.2) is 29.1 Å². The van der Waals surface area contributed by atoms with Crippen molar-refractivity contribution in [2.75, 3.05) is 7.11 Å². The van der Waals surface area contributed by atoms with Crippen molar-refractivity contribution >= 4 is 50.5 Å². The molecule has 1 amide bonds. The number of carbonyl (C=O) groups excluding carboxylic acids is 1. The van der Waals surface area contributed by atoms with Gasteiger partial charge in [-0.05, 0) is 87.9 Å². The molecular weight excluding hydrogens is 560 g/mol. The Hall–Kier alpha value is -3.03. The van der Waals surface area contributed by atoms with Gasteiger partial charge in [-0.2, -0.15) is 0 Å². The standard InChI is InChI=1S/C31H31BrN2O3S/c1-21-11-9-10-16-26(21)34-30(35)28(38-31(34)33-24-14-7-4-8-15-24)19-23-17-25(32)29(27(18-23)36-2)37-20-22-12-5-3-6-13-22/h3-8,12-15,17-19,21,26H,9-11,16,20H2,1-2H3/b28-19-,33-31?/t21-,26-/m1/s1. The van der Waals surface area contributed by atoms with Gasteiger partial charge in [0.25, 0.3) is 5.91 Å². The molecule has 5 nitrogen and oxygen atoms in total. The van der Waals surface area contributed by atoms with Gasteiger partial charge in [-0.15, -0.1) is 0 Å². The van der Waals surface area contributed by atoms with E-state index in [4.69, 9.17) is 14.5 Å². The summed E-state index contributed by atoms with van der Waals surface area (Å²) >= 11 is 5.10. The highest BCUT2D eigenvalue weighted by atomic mass is 79.9. The first kappa shape index (κ1) is 26.6. The monoisotopic (exact) mass is 590 g/mol. The summed E-state index contributed by atoms with van der Waals surface area (Å²) in [5, 5.41) is 0.750. The molecule has 2 atom stereocenters. The number of rotatable bonds is 7. The van der Waals surface area contributed by atoms with Crippen LogP contribution in [0, 0.1) is 5.92 Å². The molecule has 2 aliphatic rings. The van der Waals surface area contributed by atoms with Crippen LogP contribution < -0.4 is 9.47 Å². The van der Waals surface area contributed by atoms with Gasteiger partial charge in [-0.25, -0.2) is 4.99 Å². The number of nitrogens with zero attached hydrogens (tertiary/aromatic N) is 2. The lowest BCUT2D eigenvalue weighted by Crippen LogP contribution is -2.44. The maximum Gasteiger partial charge on any atom is 0.267 e. The molecular formula is C31H31BrN2O3S. The summed E-state index contributed by atoms with van der Waals surface area (Å²) in [4.78, 5) is 21.3. The maximum atomic E-state index is 13.8. The Morgan fingerprint density at radius 1 is 1.05 bits per heavy atom. The van der Waals surface area contributed by atoms with Crippen LogP contribution in [0.25, 0.3) is 6.08 Å². The molecule has 0 radical (unpaired) electrons. The van der Waals surface area contributed by atoms with E-state index in [1.54, 1.807) is 7.11 Å². The SMILES string of the molecule is COc1cc(/C=C2\SC(=Nc3ccccc3)N([C@@H]3CCCC[C@H]3C)C2=O)cc(Br)c1OCc1ccccc1. The molecule has 3 aromatic rings. The van der Waals surface area contributed by atoms with E-state index >= 15 is 0 Å². The maximum absolute atomic E-state index is 13.8. The van der Waals surface area contributed by atoms with Gasteiger partial charge in [0.15, 0.2) is 16.7 Å². The Labute approximate surface area is 237 Å². The van der Waals surface area contributed by atoms with Crippen molar-refractivity contribution in [3.05, 3.63) is 93.3 Å². The number of amidine groups is 1. The van der Waals surface area contributed by atoms with Crippen LogP contribution in [0.1, 0.15) is 43.7 Å². The van der Waals surface area contributed by atoms with E-state index in [0.717, 1.165) is 45.7 Å². The van der Waals surface area contributed by atoms with E-state index in [0.29, 0.717) is 28.9 Å². The molecule has 1 saturated heterocycles. The molecule has 0 spiro atoms. The fourth-order valence-corrected chi connectivity index (χ4v) is 6.61. The van der Waals surface area contributed by atoms with Gasteiger partial charge in [0.2, 0.25) is 0 Å². The van der Waals surface area contributed by atoms with Crippen molar-refractivity contribution in [2.45, 2.75) is 45.3 Å². The molecule has 0 unspecified atom stereocenters. The third-order valence-corrected chi connectivity index (χ3v) is 8.56. The molecule has 1 saturated carbocycles. The normalized spacial score (nSPS) is 21.8. The van der Waals surface area contributed by atoms with Crippen LogP contribution >= 0.6 is 27.7 Å². The van der Waals surface area contributed by atoms with Crippen molar-refractivity contribution in [2.24, 2.45) is 10.9 Å². The molecule has 0 bridgehead atoms. The fourth-order valence-electron chi connectivity index (χ4n) is 4.99. The summed E-state index contributed by atoms with van der Waals surface area (Å²) < 4.78 is 12.5. The molecule has 5 rings (SSSR count). The first-order valence-corrected chi connectivity index (χ1v) is 14.6. The van der Waals surface area contributed by atoms with Crippen LogP contribution in [0.2, 0.25) is 0 Å². The van der Waals surface area contributed by atoms with Crippen LogP contribution in [0.5, 0.6) is 11.5 Å². The number of halogens is 1. The number of para-hydroxylation sites is 1. The summed E-state index contributed by atoms with van der Waals surface area (Å²) in [7, 11) is 1.63. The van der Waals surface area contributed by atoms with Gasteiger partial charge < -0.3 is 9.47 Å². The van der Waals surface area contributed by atoms with Crippen molar-refractivity contribution in [3.8, 4) is 11.5 Å². The Balaban J connectivity index is 1.45. The molecule has 38 heavy (non-hydrogen) atoms. The van der Waals surface area contributed by atoms with Gasteiger partial charge in [0.05, 0.1) is 22.2 Å². The number of amides is 1. The van der Waals surface area contributed by atoms with Crippen molar-refractivity contribution in [1.82, 2.24) is 4.90 Å². The molecule has 1 aliphatic carbocycles. The summed E-state index contributed by atoms with van der Waals surface area (Å²) in [5.41, 5.74) is 2.78. The number of ether oxygens (including phenoxy) is 2. The molecule has 7 heteroatoms. The Bertz CT molecular complexity index is 1340. The highest BCUT2D eigenvalue weighted by molar-refractivity contribution is 9.10. The molecule has 0 N–H and O–H groups in total. The summed E-state index contributed by atoms with van der Waals surface area (Å²) in [6, 6.07) is 23.9. The largest absolute Gasteiger partial charge is 0.493 e. The molecule has 1 heterocycles. The number of aliphatic imine (C=N–C) groups is 1. The number of benzene rings is 3. The first-order chi connectivity index (χ1) is 18.5. The Kier molecular flexibility index (Phi) is 8.55. The van der Waals surface area contributed by atoms with Crippen LogP contribution in [0.3, 0.4) is 0 Å². The Morgan fingerprint density at radius 2 is 1.76 bits per heavy atom. The molecule has 196 valence electrons. The highest BCUT2D eigenvalue weighted by Gasteiger charge is 2.41. The second-order valence-corrected chi connectivity index (χ2v) is 11.5. The van der Waals surface area contributed by atoms with E-state index in [2.05, 4.69) is 22.9 Å². The lowest BCUT2D eigenvalue weighted by Gasteiger charge is -2.35. The number of thioether (sulfide) groups is 1. The third kappa shape index (κ3) is 6.00. The predicted octanol–water partition coefficient (Wildman–Crippen LogP) is 8.22.